The number of H-pyrrole nitrogens is 1. The van der Waals surface area contributed by atoms with Crippen molar-refractivity contribution in [1.29, 1.82) is 0 Å². The van der Waals surface area contributed by atoms with Gasteiger partial charge in [0.1, 0.15) is 12.4 Å². The van der Waals surface area contributed by atoms with Crippen LogP contribution in [0.25, 0.3) is 10.9 Å². The van der Waals surface area contributed by atoms with Gasteiger partial charge in [-0.3, -0.25) is 14.5 Å². The molecule has 0 radical (unpaired) electrons. The van der Waals surface area contributed by atoms with Gasteiger partial charge in [-0.1, -0.05) is 24.3 Å². The van der Waals surface area contributed by atoms with Crippen LogP contribution in [0, 0.1) is 0 Å². The Balaban J connectivity index is 1.23. The van der Waals surface area contributed by atoms with Crippen molar-refractivity contribution in [2.24, 2.45) is 0 Å². The number of rotatable bonds is 3. The summed E-state index contributed by atoms with van der Waals surface area (Å²) in [5, 5.41) is 0.588. The maximum absolute atomic E-state index is 12.9. The van der Waals surface area contributed by atoms with Gasteiger partial charge in [0.15, 0.2) is 11.5 Å². The third-order valence-electron chi connectivity index (χ3n) is 5.98. The molecule has 0 saturated carbocycles. The highest BCUT2D eigenvalue weighted by Gasteiger charge is 2.33. The summed E-state index contributed by atoms with van der Waals surface area (Å²) in [6.07, 6.45) is -0.627. The highest BCUT2D eigenvalue weighted by Crippen LogP contribution is 2.31. The number of fused-ring (bicyclic) bond motifs is 2. The van der Waals surface area contributed by atoms with E-state index in [2.05, 4.69) is 14.9 Å². The number of ether oxygens (including phenoxy) is 2. The molecule has 2 aliphatic rings. The molecule has 1 N–H and O–H groups in total. The molecule has 160 valence electrons. The molecule has 1 aromatic heterocycles. The lowest BCUT2D eigenvalue weighted by Crippen LogP contribution is -2.54. The number of benzene rings is 2. The van der Waals surface area contributed by atoms with Crippen LogP contribution in [0.15, 0.2) is 53.3 Å². The summed E-state index contributed by atoms with van der Waals surface area (Å²) in [5.74, 6) is 1.86. The lowest BCUT2D eigenvalue weighted by Gasteiger charge is -2.39. The van der Waals surface area contributed by atoms with Gasteiger partial charge in [0.2, 0.25) is 6.10 Å². The second-order valence-corrected chi connectivity index (χ2v) is 7.87. The first-order valence-electron chi connectivity index (χ1n) is 10.5. The Morgan fingerprint density at radius 3 is 2.58 bits per heavy atom. The van der Waals surface area contributed by atoms with E-state index >= 15 is 0 Å². The highest BCUT2D eigenvalue weighted by molar-refractivity contribution is 5.82. The minimum absolute atomic E-state index is 0.0564. The molecule has 2 aromatic carbocycles. The number of amides is 1. The predicted molar refractivity (Wildman–Crippen MR) is 115 cm³/mol. The molecule has 0 spiro atoms. The molecular weight excluding hydrogens is 396 g/mol. The number of para-hydroxylation sites is 3. The van der Waals surface area contributed by atoms with E-state index in [-0.39, 0.29) is 24.1 Å². The standard InChI is InChI=1S/C23H24N4O4/c1-15(21-24-17-7-3-2-6-16(17)22(28)25-21)26-10-12-27(13-11-26)23(29)20-14-30-18-8-4-5-9-19(18)31-20/h2-9,15,20H,10-14H2,1H3,(H,24,25,28)/t15-,20-/m1/s1. The van der Waals surface area contributed by atoms with E-state index in [1.807, 2.05) is 54.3 Å². The van der Waals surface area contributed by atoms with E-state index in [9.17, 15) is 9.59 Å². The second-order valence-electron chi connectivity index (χ2n) is 7.87. The lowest BCUT2D eigenvalue weighted by atomic mass is 10.1. The van der Waals surface area contributed by atoms with Crippen LogP contribution in [0.2, 0.25) is 0 Å². The Hall–Kier alpha value is -3.39. The Kier molecular flexibility index (Phi) is 5.07. The molecule has 31 heavy (non-hydrogen) atoms. The van der Waals surface area contributed by atoms with Gasteiger partial charge in [-0.15, -0.1) is 0 Å². The van der Waals surface area contributed by atoms with Gasteiger partial charge in [-0.25, -0.2) is 4.98 Å². The number of nitrogens with one attached hydrogen (secondary N) is 1. The number of aromatic amines is 1. The fourth-order valence-corrected chi connectivity index (χ4v) is 4.15. The maximum atomic E-state index is 12.9. The zero-order chi connectivity index (χ0) is 21.4. The molecule has 0 aliphatic carbocycles. The number of aromatic nitrogens is 2. The summed E-state index contributed by atoms with van der Waals surface area (Å²) in [4.78, 5) is 37.0. The zero-order valence-corrected chi connectivity index (χ0v) is 17.3. The first-order chi connectivity index (χ1) is 15.1. The monoisotopic (exact) mass is 420 g/mol. The molecule has 3 heterocycles. The Bertz CT molecular complexity index is 1170. The van der Waals surface area contributed by atoms with Crippen LogP contribution in [-0.2, 0) is 4.79 Å². The molecule has 2 aliphatic heterocycles. The third-order valence-corrected chi connectivity index (χ3v) is 5.98. The zero-order valence-electron chi connectivity index (χ0n) is 17.3. The summed E-state index contributed by atoms with van der Waals surface area (Å²) in [6.45, 7) is 4.79. The van der Waals surface area contributed by atoms with E-state index in [4.69, 9.17) is 9.47 Å². The van der Waals surface area contributed by atoms with Crippen molar-refractivity contribution in [2.75, 3.05) is 32.8 Å². The van der Waals surface area contributed by atoms with Crippen molar-refractivity contribution in [3.8, 4) is 11.5 Å². The largest absolute Gasteiger partial charge is 0.485 e. The number of nitrogens with zero attached hydrogens (tertiary/aromatic N) is 3. The highest BCUT2D eigenvalue weighted by atomic mass is 16.6. The van der Waals surface area contributed by atoms with E-state index in [1.165, 1.54) is 0 Å². The minimum Gasteiger partial charge on any atom is -0.485 e. The first-order valence-corrected chi connectivity index (χ1v) is 10.5. The summed E-state index contributed by atoms with van der Waals surface area (Å²) in [7, 11) is 0. The van der Waals surface area contributed by atoms with Gasteiger partial charge in [-0.2, -0.15) is 0 Å². The molecule has 0 bridgehead atoms. The Labute approximate surface area is 179 Å². The van der Waals surface area contributed by atoms with Crippen molar-refractivity contribution in [3.05, 3.63) is 64.7 Å². The molecule has 8 heteroatoms. The molecule has 8 nitrogen and oxygen atoms in total. The minimum atomic E-state index is -0.627. The summed E-state index contributed by atoms with van der Waals surface area (Å²) >= 11 is 0. The lowest BCUT2D eigenvalue weighted by molar-refractivity contribution is -0.143. The van der Waals surface area contributed by atoms with Crippen LogP contribution >= 0.6 is 0 Å². The smallest absolute Gasteiger partial charge is 0.267 e. The van der Waals surface area contributed by atoms with Crippen LogP contribution in [0.3, 0.4) is 0 Å². The molecular formula is C23H24N4O4. The molecule has 1 amide bonds. The van der Waals surface area contributed by atoms with Crippen molar-refractivity contribution in [2.45, 2.75) is 19.1 Å². The van der Waals surface area contributed by atoms with Gasteiger partial charge in [0, 0.05) is 26.2 Å². The molecule has 5 rings (SSSR count). The average molecular weight is 420 g/mol. The van der Waals surface area contributed by atoms with Gasteiger partial charge in [0.05, 0.1) is 16.9 Å². The Morgan fingerprint density at radius 2 is 1.77 bits per heavy atom. The second kappa shape index (κ2) is 8.03. The maximum Gasteiger partial charge on any atom is 0.267 e. The molecule has 2 atom stereocenters. The summed E-state index contributed by atoms with van der Waals surface area (Å²) in [6, 6.07) is 14.7. The van der Waals surface area contributed by atoms with E-state index in [1.54, 1.807) is 6.07 Å². The number of carbonyl (C=O) groups excluding carboxylic acids is 1. The van der Waals surface area contributed by atoms with Crippen LogP contribution in [0.1, 0.15) is 18.8 Å². The third kappa shape index (κ3) is 3.74. The molecule has 3 aromatic rings. The normalized spacial score (nSPS) is 19.9. The van der Waals surface area contributed by atoms with E-state index in [0.29, 0.717) is 54.4 Å². The first kappa shape index (κ1) is 19.6. The van der Waals surface area contributed by atoms with Crippen LogP contribution < -0.4 is 15.0 Å². The van der Waals surface area contributed by atoms with Crippen molar-refractivity contribution in [1.82, 2.24) is 19.8 Å². The van der Waals surface area contributed by atoms with Crippen molar-refractivity contribution >= 4 is 16.8 Å². The topological polar surface area (TPSA) is 87.8 Å². The van der Waals surface area contributed by atoms with Crippen LogP contribution in [-0.4, -0.2) is 64.6 Å². The molecule has 0 unspecified atom stereocenters. The number of piperazine rings is 1. The van der Waals surface area contributed by atoms with Crippen LogP contribution in [0.5, 0.6) is 11.5 Å². The van der Waals surface area contributed by atoms with Crippen molar-refractivity contribution < 1.29 is 14.3 Å². The molecule has 1 fully saturated rings. The van der Waals surface area contributed by atoms with Gasteiger partial charge in [0.25, 0.3) is 11.5 Å². The fraction of sp³-hybridized carbons (Fsp3) is 0.348. The molecule has 1 saturated heterocycles. The van der Waals surface area contributed by atoms with Gasteiger partial charge in [-0.05, 0) is 31.2 Å². The number of hydrogen-bond acceptors (Lipinski definition) is 6. The average Bonchev–Trinajstić information content (AvgIpc) is 2.83. The Morgan fingerprint density at radius 1 is 1.06 bits per heavy atom. The van der Waals surface area contributed by atoms with Crippen molar-refractivity contribution in [3.63, 3.8) is 0 Å². The predicted octanol–water partition coefficient (Wildman–Crippen LogP) is 1.97. The number of carbonyl (C=O) groups is 1. The SMILES string of the molecule is C[C@H](c1nc2ccccc2c(=O)[nH]1)N1CCN(C(=O)[C@H]2COc3ccccc3O2)CC1. The summed E-state index contributed by atoms with van der Waals surface area (Å²) in [5.41, 5.74) is 0.563. The quantitative estimate of drug-likeness (QED) is 0.697. The van der Waals surface area contributed by atoms with Crippen LogP contribution in [0.4, 0.5) is 0 Å². The number of hydrogen-bond donors (Lipinski definition) is 1. The van der Waals surface area contributed by atoms with E-state index < -0.39 is 6.10 Å². The fourth-order valence-electron chi connectivity index (χ4n) is 4.15. The van der Waals surface area contributed by atoms with Gasteiger partial charge < -0.3 is 19.4 Å². The van der Waals surface area contributed by atoms with E-state index in [0.717, 1.165) is 0 Å². The van der Waals surface area contributed by atoms with Gasteiger partial charge >= 0.3 is 0 Å². The summed E-state index contributed by atoms with van der Waals surface area (Å²) < 4.78 is 11.6.